The number of hydrogen-bond acceptors (Lipinski definition) is 3. The molecular formula is C9H15NO2. The zero-order valence-electron chi connectivity index (χ0n) is 8.05. The third-order valence-corrected chi connectivity index (χ3v) is 2.53. The molecule has 12 heavy (non-hydrogen) atoms. The average Bonchev–Trinajstić information content (AvgIpc) is 2.41. The van der Waals surface area contributed by atoms with Gasteiger partial charge < -0.3 is 9.47 Å². The van der Waals surface area contributed by atoms with Crippen LogP contribution in [0.1, 0.15) is 27.7 Å². The van der Waals surface area contributed by atoms with Gasteiger partial charge in [-0.1, -0.05) is 0 Å². The summed E-state index contributed by atoms with van der Waals surface area (Å²) < 4.78 is 10.9. The van der Waals surface area contributed by atoms with Gasteiger partial charge >= 0.3 is 0 Å². The Labute approximate surface area is 72.8 Å². The van der Waals surface area contributed by atoms with Gasteiger partial charge in [0.2, 0.25) is 5.90 Å². The standard InChI is InChI=1S/C9H15NO2/c1-6-9(4,12-6)7-10-8(2,3)5-11-7/h6H,5H2,1-4H3/t6-,9-/m1/s1. The van der Waals surface area contributed by atoms with Crippen molar-refractivity contribution in [3.05, 3.63) is 0 Å². The van der Waals surface area contributed by atoms with Gasteiger partial charge in [-0.15, -0.1) is 0 Å². The summed E-state index contributed by atoms with van der Waals surface area (Å²) in [6, 6.07) is 0. The molecule has 0 amide bonds. The van der Waals surface area contributed by atoms with Gasteiger partial charge in [0.05, 0.1) is 11.6 Å². The second-order valence-corrected chi connectivity index (χ2v) is 4.39. The minimum atomic E-state index is -0.228. The van der Waals surface area contributed by atoms with E-state index in [1.54, 1.807) is 0 Å². The first-order valence-electron chi connectivity index (χ1n) is 4.35. The predicted molar refractivity (Wildman–Crippen MR) is 46.4 cm³/mol. The fourth-order valence-corrected chi connectivity index (χ4v) is 1.40. The number of hydrogen-bond donors (Lipinski definition) is 0. The van der Waals surface area contributed by atoms with Crippen LogP contribution >= 0.6 is 0 Å². The number of epoxide rings is 1. The van der Waals surface area contributed by atoms with Gasteiger partial charge in [-0.2, -0.15) is 0 Å². The molecule has 0 aromatic carbocycles. The van der Waals surface area contributed by atoms with Crippen molar-refractivity contribution in [1.29, 1.82) is 0 Å². The van der Waals surface area contributed by atoms with Gasteiger partial charge in [0.1, 0.15) is 6.61 Å². The van der Waals surface area contributed by atoms with Crippen molar-refractivity contribution in [3.8, 4) is 0 Å². The van der Waals surface area contributed by atoms with E-state index < -0.39 is 0 Å². The highest BCUT2D eigenvalue weighted by atomic mass is 16.6. The van der Waals surface area contributed by atoms with Crippen LogP contribution in [0.15, 0.2) is 4.99 Å². The Balaban J connectivity index is 2.17. The molecule has 0 radical (unpaired) electrons. The van der Waals surface area contributed by atoms with Crippen molar-refractivity contribution in [3.63, 3.8) is 0 Å². The SMILES string of the molecule is C[C@H]1O[C@@]1(C)C1=NC(C)(C)CO1. The molecular weight excluding hydrogens is 154 g/mol. The first-order chi connectivity index (χ1) is 5.44. The molecule has 3 nitrogen and oxygen atoms in total. The topological polar surface area (TPSA) is 34.1 Å². The average molecular weight is 169 g/mol. The second-order valence-electron chi connectivity index (χ2n) is 4.39. The molecule has 0 aliphatic carbocycles. The summed E-state index contributed by atoms with van der Waals surface area (Å²) in [5.41, 5.74) is -0.294. The summed E-state index contributed by atoms with van der Waals surface area (Å²) in [4.78, 5) is 4.47. The van der Waals surface area contributed by atoms with Crippen LogP contribution in [0.5, 0.6) is 0 Å². The molecule has 2 heterocycles. The third-order valence-electron chi connectivity index (χ3n) is 2.53. The Kier molecular flexibility index (Phi) is 1.35. The summed E-state index contributed by atoms with van der Waals surface area (Å²) >= 11 is 0. The van der Waals surface area contributed by atoms with E-state index in [0.717, 1.165) is 5.90 Å². The minimum Gasteiger partial charge on any atom is -0.476 e. The van der Waals surface area contributed by atoms with E-state index in [1.807, 2.05) is 13.8 Å². The van der Waals surface area contributed by atoms with Crippen molar-refractivity contribution in [2.24, 2.45) is 4.99 Å². The molecule has 0 unspecified atom stereocenters. The van der Waals surface area contributed by atoms with Gasteiger partial charge in [-0.25, -0.2) is 4.99 Å². The second kappa shape index (κ2) is 2.02. The van der Waals surface area contributed by atoms with E-state index in [1.165, 1.54) is 0 Å². The highest BCUT2D eigenvalue weighted by molar-refractivity contribution is 5.89. The molecule has 1 fully saturated rings. The molecule has 0 saturated carbocycles. The molecule has 68 valence electrons. The lowest BCUT2D eigenvalue weighted by molar-refractivity contribution is 0.251. The zero-order chi connectivity index (χ0) is 8.98. The third kappa shape index (κ3) is 1.04. The van der Waals surface area contributed by atoms with E-state index in [2.05, 4.69) is 18.8 Å². The monoisotopic (exact) mass is 169 g/mol. The van der Waals surface area contributed by atoms with Gasteiger partial charge in [0, 0.05) is 0 Å². The fourth-order valence-electron chi connectivity index (χ4n) is 1.40. The predicted octanol–water partition coefficient (Wildman–Crippen LogP) is 1.37. The fraction of sp³-hybridized carbons (Fsp3) is 0.889. The Morgan fingerprint density at radius 1 is 1.42 bits per heavy atom. The van der Waals surface area contributed by atoms with Crippen molar-refractivity contribution in [1.82, 2.24) is 0 Å². The summed E-state index contributed by atoms with van der Waals surface area (Å²) in [7, 11) is 0. The Hall–Kier alpha value is -0.570. The first kappa shape index (κ1) is 8.05. The van der Waals surface area contributed by atoms with Gasteiger partial charge in [0.25, 0.3) is 0 Å². The lowest BCUT2D eigenvalue weighted by Gasteiger charge is -2.07. The Bertz CT molecular complexity index is 247. The van der Waals surface area contributed by atoms with Crippen LogP contribution in [0.2, 0.25) is 0 Å². The van der Waals surface area contributed by atoms with E-state index in [0.29, 0.717) is 6.61 Å². The number of nitrogens with zero attached hydrogens (tertiary/aromatic N) is 1. The molecule has 2 aliphatic heterocycles. The normalized spacial score (nSPS) is 43.7. The highest BCUT2D eigenvalue weighted by Crippen LogP contribution is 2.40. The maximum Gasteiger partial charge on any atom is 0.219 e. The summed E-state index contributed by atoms with van der Waals surface area (Å²) in [5.74, 6) is 0.778. The van der Waals surface area contributed by atoms with Crippen molar-refractivity contribution in [2.45, 2.75) is 44.9 Å². The lowest BCUT2D eigenvalue weighted by Crippen LogP contribution is -2.22. The van der Waals surface area contributed by atoms with E-state index >= 15 is 0 Å². The molecule has 2 aliphatic rings. The number of aliphatic imine (C=N–C) groups is 1. The van der Waals surface area contributed by atoms with E-state index in [9.17, 15) is 0 Å². The van der Waals surface area contributed by atoms with Crippen molar-refractivity contribution in [2.75, 3.05) is 6.61 Å². The molecule has 0 aromatic heterocycles. The molecule has 0 bridgehead atoms. The first-order valence-corrected chi connectivity index (χ1v) is 4.35. The largest absolute Gasteiger partial charge is 0.476 e. The maximum atomic E-state index is 5.49. The van der Waals surface area contributed by atoms with Crippen LogP contribution in [0.3, 0.4) is 0 Å². The van der Waals surface area contributed by atoms with Crippen molar-refractivity contribution < 1.29 is 9.47 Å². The van der Waals surface area contributed by atoms with Crippen LogP contribution in [-0.2, 0) is 9.47 Å². The zero-order valence-corrected chi connectivity index (χ0v) is 8.05. The highest BCUT2D eigenvalue weighted by Gasteiger charge is 2.57. The Morgan fingerprint density at radius 2 is 2.00 bits per heavy atom. The Morgan fingerprint density at radius 3 is 2.33 bits per heavy atom. The molecule has 2 atom stereocenters. The molecule has 0 aromatic rings. The van der Waals surface area contributed by atoms with Gasteiger partial charge in [-0.05, 0) is 27.7 Å². The number of ether oxygens (including phenoxy) is 2. The minimum absolute atomic E-state index is 0.0655. The van der Waals surface area contributed by atoms with Crippen LogP contribution in [0.4, 0.5) is 0 Å². The van der Waals surface area contributed by atoms with Gasteiger partial charge in [-0.3, -0.25) is 0 Å². The van der Waals surface area contributed by atoms with Crippen LogP contribution < -0.4 is 0 Å². The summed E-state index contributed by atoms with van der Waals surface area (Å²) in [6.07, 6.45) is 0.255. The molecule has 2 rings (SSSR count). The summed E-state index contributed by atoms with van der Waals surface area (Å²) in [6.45, 7) is 8.87. The van der Waals surface area contributed by atoms with Gasteiger partial charge in [0.15, 0.2) is 5.60 Å². The van der Waals surface area contributed by atoms with Crippen LogP contribution in [0, 0.1) is 0 Å². The molecule has 1 saturated heterocycles. The molecule has 0 N–H and O–H groups in total. The summed E-state index contributed by atoms with van der Waals surface area (Å²) in [5, 5.41) is 0. The van der Waals surface area contributed by atoms with Crippen LogP contribution in [-0.4, -0.2) is 29.7 Å². The quantitative estimate of drug-likeness (QED) is 0.555. The van der Waals surface area contributed by atoms with E-state index in [4.69, 9.17) is 9.47 Å². The number of rotatable bonds is 1. The van der Waals surface area contributed by atoms with Crippen molar-refractivity contribution >= 4 is 5.90 Å². The van der Waals surface area contributed by atoms with E-state index in [-0.39, 0.29) is 17.2 Å². The maximum absolute atomic E-state index is 5.49. The smallest absolute Gasteiger partial charge is 0.219 e. The van der Waals surface area contributed by atoms with Crippen LogP contribution in [0.25, 0.3) is 0 Å². The lowest BCUT2D eigenvalue weighted by atomic mass is 10.1. The molecule has 3 heteroatoms. The molecule has 0 spiro atoms.